The Morgan fingerprint density at radius 1 is 1.15 bits per heavy atom. The third kappa shape index (κ3) is 4.55. The van der Waals surface area contributed by atoms with E-state index in [1.54, 1.807) is 0 Å². The number of aromatic nitrogens is 1. The van der Waals surface area contributed by atoms with Crippen molar-refractivity contribution in [1.82, 2.24) is 9.88 Å². The number of rotatable bonds is 8. The van der Waals surface area contributed by atoms with E-state index in [1.807, 2.05) is 6.20 Å². The first-order chi connectivity index (χ1) is 9.83. The first-order valence-corrected chi connectivity index (χ1v) is 8.44. The molecule has 1 saturated heterocycles. The number of hydrogen-bond donors (Lipinski definition) is 1. The SMILES string of the molecule is CCCN(CCC)CCC1CCN(c2ccc[nH]2)CC1. The number of H-pyrrole nitrogens is 1. The Morgan fingerprint density at radius 3 is 2.40 bits per heavy atom. The molecule has 20 heavy (non-hydrogen) atoms. The molecule has 0 atom stereocenters. The molecule has 1 fully saturated rings. The van der Waals surface area contributed by atoms with Gasteiger partial charge in [0.05, 0.1) is 0 Å². The molecule has 0 aromatic carbocycles. The van der Waals surface area contributed by atoms with Gasteiger partial charge in [-0.3, -0.25) is 0 Å². The minimum Gasteiger partial charge on any atom is -0.358 e. The van der Waals surface area contributed by atoms with Crippen LogP contribution in [0.1, 0.15) is 46.0 Å². The Morgan fingerprint density at radius 2 is 1.85 bits per heavy atom. The Hall–Kier alpha value is -0.960. The summed E-state index contributed by atoms with van der Waals surface area (Å²) in [7, 11) is 0. The fourth-order valence-corrected chi connectivity index (χ4v) is 3.31. The molecular weight excluding hydrogens is 246 g/mol. The van der Waals surface area contributed by atoms with Crippen molar-refractivity contribution in [3.8, 4) is 0 Å². The molecule has 0 amide bonds. The molecule has 114 valence electrons. The highest BCUT2D eigenvalue weighted by molar-refractivity contribution is 5.38. The highest BCUT2D eigenvalue weighted by Gasteiger charge is 2.20. The number of hydrogen-bond acceptors (Lipinski definition) is 2. The van der Waals surface area contributed by atoms with Crippen LogP contribution in [0.2, 0.25) is 0 Å². The lowest BCUT2D eigenvalue weighted by Gasteiger charge is -2.33. The number of anilines is 1. The fraction of sp³-hybridized carbons (Fsp3) is 0.765. The summed E-state index contributed by atoms with van der Waals surface area (Å²) in [6, 6.07) is 4.28. The summed E-state index contributed by atoms with van der Waals surface area (Å²) < 4.78 is 0. The van der Waals surface area contributed by atoms with Crippen LogP contribution in [0.4, 0.5) is 5.82 Å². The summed E-state index contributed by atoms with van der Waals surface area (Å²) >= 11 is 0. The predicted octanol–water partition coefficient (Wildman–Crippen LogP) is 3.74. The summed E-state index contributed by atoms with van der Waals surface area (Å²) in [6.07, 6.45) is 8.68. The van der Waals surface area contributed by atoms with Gasteiger partial charge >= 0.3 is 0 Å². The van der Waals surface area contributed by atoms with E-state index in [1.165, 1.54) is 70.6 Å². The Bertz CT molecular complexity index is 333. The molecule has 0 aliphatic carbocycles. The molecular formula is C17H31N3. The van der Waals surface area contributed by atoms with E-state index in [0.29, 0.717) is 0 Å². The van der Waals surface area contributed by atoms with Crippen LogP contribution < -0.4 is 4.90 Å². The fourth-order valence-electron chi connectivity index (χ4n) is 3.31. The second kappa shape index (κ2) is 8.35. The summed E-state index contributed by atoms with van der Waals surface area (Å²) in [4.78, 5) is 8.47. The van der Waals surface area contributed by atoms with Crippen molar-refractivity contribution in [2.24, 2.45) is 5.92 Å². The molecule has 0 spiro atoms. The maximum absolute atomic E-state index is 3.32. The lowest BCUT2D eigenvalue weighted by atomic mass is 9.93. The van der Waals surface area contributed by atoms with E-state index in [4.69, 9.17) is 0 Å². The molecule has 2 rings (SSSR count). The van der Waals surface area contributed by atoms with Gasteiger partial charge in [-0.25, -0.2) is 0 Å². The predicted molar refractivity (Wildman–Crippen MR) is 87.4 cm³/mol. The van der Waals surface area contributed by atoms with Gasteiger partial charge in [0.15, 0.2) is 0 Å². The van der Waals surface area contributed by atoms with Crippen LogP contribution in [0, 0.1) is 5.92 Å². The number of nitrogens with one attached hydrogen (secondary N) is 1. The van der Waals surface area contributed by atoms with E-state index in [-0.39, 0.29) is 0 Å². The highest BCUT2D eigenvalue weighted by Crippen LogP contribution is 2.24. The van der Waals surface area contributed by atoms with E-state index < -0.39 is 0 Å². The largest absolute Gasteiger partial charge is 0.358 e. The summed E-state index contributed by atoms with van der Waals surface area (Å²) in [6.45, 7) is 10.9. The van der Waals surface area contributed by atoms with Crippen molar-refractivity contribution in [3.63, 3.8) is 0 Å². The lowest BCUT2D eigenvalue weighted by Crippen LogP contribution is -2.35. The Kier molecular flexibility index (Phi) is 6.44. The third-order valence-corrected chi connectivity index (χ3v) is 4.47. The van der Waals surface area contributed by atoms with Crippen molar-refractivity contribution >= 4 is 5.82 Å². The Balaban J connectivity index is 1.68. The molecule has 1 aromatic heterocycles. The minimum atomic E-state index is 0.928. The van der Waals surface area contributed by atoms with Crippen LogP contribution in [0.5, 0.6) is 0 Å². The van der Waals surface area contributed by atoms with Crippen molar-refractivity contribution in [1.29, 1.82) is 0 Å². The maximum Gasteiger partial charge on any atom is 0.105 e. The average molecular weight is 277 g/mol. The van der Waals surface area contributed by atoms with Gasteiger partial charge in [0.25, 0.3) is 0 Å². The normalized spacial score (nSPS) is 17.1. The van der Waals surface area contributed by atoms with Crippen LogP contribution in [0.3, 0.4) is 0 Å². The van der Waals surface area contributed by atoms with Crippen molar-refractivity contribution in [2.45, 2.75) is 46.0 Å². The molecule has 2 heterocycles. The summed E-state index contributed by atoms with van der Waals surface area (Å²) in [5, 5.41) is 0. The second-order valence-electron chi connectivity index (χ2n) is 6.12. The van der Waals surface area contributed by atoms with Gasteiger partial charge in [0.1, 0.15) is 5.82 Å². The molecule has 1 N–H and O–H groups in total. The van der Waals surface area contributed by atoms with Crippen molar-refractivity contribution in [3.05, 3.63) is 18.3 Å². The molecule has 1 aliphatic heterocycles. The van der Waals surface area contributed by atoms with Crippen LogP contribution in [0.15, 0.2) is 18.3 Å². The number of nitrogens with zero attached hydrogens (tertiary/aromatic N) is 2. The first kappa shape index (κ1) is 15.4. The smallest absolute Gasteiger partial charge is 0.105 e. The molecule has 1 aromatic rings. The number of piperidine rings is 1. The third-order valence-electron chi connectivity index (χ3n) is 4.47. The van der Waals surface area contributed by atoms with Gasteiger partial charge in [0, 0.05) is 19.3 Å². The quantitative estimate of drug-likeness (QED) is 0.782. The van der Waals surface area contributed by atoms with Gasteiger partial charge in [-0.15, -0.1) is 0 Å². The molecule has 3 nitrogen and oxygen atoms in total. The van der Waals surface area contributed by atoms with E-state index in [0.717, 1.165) is 5.92 Å². The minimum absolute atomic E-state index is 0.928. The average Bonchev–Trinajstić information content (AvgIpc) is 3.00. The van der Waals surface area contributed by atoms with Gasteiger partial charge in [-0.2, -0.15) is 0 Å². The maximum atomic E-state index is 3.32. The lowest BCUT2D eigenvalue weighted by molar-refractivity contribution is 0.239. The van der Waals surface area contributed by atoms with E-state index >= 15 is 0 Å². The molecule has 0 radical (unpaired) electrons. The van der Waals surface area contributed by atoms with Gasteiger partial charge in [0.2, 0.25) is 0 Å². The Labute approximate surface area is 124 Å². The van der Waals surface area contributed by atoms with Crippen LogP contribution in [-0.2, 0) is 0 Å². The van der Waals surface area contributed by atoms with Crippen LogP contribution in [-0.4, -0.2) is 42.6 Å². The molecule has 0 bridgehead atoms. The molecule has 0 saturated carbocycles. The van der Waals surface area contributed by atoms with E-state index in [2.05, 4.69) is 40.8 Å². The highest BCUT2D eigenvalue weighted by atomic mass is 15.2. The van der Waals surface area contributed by atoms with Crippen molar-refractivity contribution < 1.29 is 0 Å². The van der Waals surface area contributed by atoms with Crippen LogP contribution in [0.25, 0.3) is 0 Å². The monoisotopic (exact) mass is 277 g/mol. The molecule has 1 aliphatic rings. The van der Waals surface area contributed by atoms with Crippen molar-refractivity contribution in [2.75, 3.05) is 37.6 Å². The summed E-state index contributed by atoms with van der Waals surface area (Å²) in [5.41, 5.74) is 0. The standard InChI is InChI=1S/C17H31N3/c1-3-11-19(12-4-2)13-7-16-8-14-20(15-9-16)17-6-5-10-18-17/h5-6,10,16,18H,3-4,7-9,11-15H2,1-2H3. The topological polar surface area (TPSA) is 22.3 Å². The van der Waals surface area contributed by atoms with Gasteiger partial charge in [-0.1, -0.05) is 13.8 Å². The molecule has 0 unspecified atom stereocenters. The number of aromatic amines is 1. The van der Waals surface area contributed by atoms with E-state index in [9.17, 15) is 0 Å². The zero-order chi connectivity index (χ0) is 14.2. The second-order valence-corrected chi connectivity index (χ2v) is 6.12. The van der Waals surface area contributed by atoms with Gasteiger partial charge in [-0.05, 0) is 69.8 Å². The summed E-state index contributed by atoms with van der Waals surface area (Å²) in [5.74, 6) is 2.22. The first-order valence-electron chi connectivity index (χ1n) is 8.44. The van der Waals surface area contributed by atoms with Gasteiger partial charge < -0.3 is 14.8 Å². The molecule has 3 heteroatoms. The zero-order valence-electron chi connectivity index (χ0n) is 13.3. The van der Waals surface area contributed by atoms with Crippen LogP contribution >= 0.6 is 0 Å². The zero-order valence-corrected chi connectivity index (χ0v) is 13.3.